The van der Waals surface area contributed by atoms with E-state index < -0.39 is 5.60 Å². The van der Waals surface area contributed by atoms with E-state index in [0.717, 1.165) is 35.4 Å². The molecule has 5 nitrogen and oxygen atoms in total. The topological polar surface area (TPSA) is 75.8 Å². The summed E-state index contributed by atoms with van der Waals surface area (Å²) < 4.78 is 6.46. The molecule has 3 N–H and O–H groups in total. The van der Waals surface area contributed by atoms with Crippen LogP contribution >= 0.6 is 0 Å². The fourth-order valence-corrected chi connectivity index (χ4v) is 5.07. The van der Waals surface area contributed by atoms with Gasteiger partial charge < -0.3 is 15.6 Å². The first-order chi connectivity index (χ1) is 14.6. The lowest BCUT2D eigenvalue weighted by atomic mass is 9.79. The molecule has 0 radical (unpaired) electrons. The lowest BCUT2D eigenvalue weighted by molar-refractivity contribution is -0.118. The Morgan fingerprint density at radius 2 is 2.03 bits per heavy atom. The van der Waals surface area contributed by atoms with E-state index in [0.29, 0.717) is 37.1 Å². The molecule has 0 spiro atoms. The van der Waals surface area contributed by atoms with Gasteiger partial charge in [0.15, 0.2) is 0 Å². The Bertz CT molecular complexity index is 843. The van der Waals surface area contributed by atoms with Crippen LogP contribution in [-0.2, 0) is 4.79 Å². The standard InChI is InChI=1S/C26H40N2O3/c1-6-7-8-9-17(2)18(3)19-14-22(29)25-20-16-28(13-11-24(27)30)12-10-21(20)26(4,5)31-23(25)15-19/h14-15,17-18,29H,6-13,16H2,1-5H3,(H2,27,30). The number of primary amides is 1. The van der Waals surface area contributed by atoms with Crippen molar-refractivity contribution in [2.24, 2.45) is 11.7 Å². The van der Waals surface area contributed by atoms with Crippen molar-refractivity contribution < 1.29 is 14.6 Å². The van der Waals surface area contributed by atoms with Crippen LogP contribution in [0, 0.1) is 5.92 Å². The van der Waals surface area contributed by atoms with E-state index in [1.165, 1.54) is 31.3 Å². The zero-order valence-electron chi connectivity index (χ0n) is 20.0. The Balaban J connectivity index is 1.89. The van der Waals surface area contributed by atoms with Gasteiger partial charge in [-0.05, 0) is 60.9 Å². The second kappa shape index (κ2) is 9.64. The van der Waals surface area contributed by atoms with Gasteiger partial charge in [-0.15, -0.1) is 0 Å². The first-order valence-electron chi connectivity index (χ1n) is 11.9. The Hall–Kier alpha value is -2.01. The zero-order valence-corrected chi connectivity index (χ0v) is 20.0. The molecule has 1 amide bonds. The van der Waals surface area contributed by atoms with Crippen molar-refractivity contribution in [2.45, 2.75) is 84.7 Å². The molecule has 1 aromatic carbocycles. The minimum atomic E-state index is -0.404. The maximum absolute atomic E-state index is 11.2. The summed E-state index contributed by atoms with van der Waals surface area (Å²) in [7, 11) is 0. The molecular weight excluding hydrogens is 388 g/mol. The first kappa shape index (κ1) is 23.6. The van der Waals surface area contributed by atoms with Gasteiger partial charge in [-0.3, -0.25) is 9.69 Å². The van der Waals surface area contributed by atoms with E-state index in [1.807, 2.05) is 6.07 Å². The number of ether oxygens (including phenoxy) is 1. The molecule has 0 aliphatic carbocycles. The molecule has 31 heavy (non-hydrogen) atoms. The number of carbonyl (C=O) groups excluding carboxylic acids is 1. The van der Waals surface area contributed by atoms with Crippen molar-refractivity contribution in [3.8, 4) is 11.5 Å². The molecule has 0 aromatic heterocycles. The summed E-state index contributed by atoms with van der Waals surface area (Å²) in [4.78, 5) is 13.5. The lowest BCUT2D eigenvalue weighted by Crippen LogP contribution is -2.42. The molecule has 172 valence electrons. The number of amides is 1. The second-order valence-corrected chi connectivity index (χ2v) is 9.99. The molecule has 1 aromatic rings. The van der Waals surface area contributed by atoms with Crippen molar-refractivity contribution in [1.29, 1.82) is 0 Å². The van der Waals surface area contributed by atoms with Crippen LogP contribution in [0.15, 0.2) is 17.7 Å². The molecule has 2 aliphatic rings. The van der Waals surface area contributed by atoms with E-state index in [9.17, 15) is 9.90 Å². The van der Waals surface area contributed by atoms with Crippen LogP contribution in [-0.4, -0.2) is 41.1 Å². The van der Waals surface area contributed by atoms with Gasteiger partial charge in [0.05, 0.1) is 5.56 Å². The van der Waals surface area contributed by atoms with E-state index in [1.54, 1.807) is 0 Å². The van der Waals surface area contributed by atoms with E-state index in [2.05, 4.69) is 45.6 Å². The monoisotopic (exact) mass is 428 g/mol. The molecule has 3 rings (SSSR count). The highest BCUT2D eigenvalue weighted by atomic mass is 16.5. The van der Waals surface area contributed by atoms with E-state index >= 15 is 0 Å². The molecule has 0 bridgehead atoms. The highest BCUT2D eigenvalue weighted by molar-refractivity contribution is 5.82. The van der Waals surface area contributed by atoms with Crippen molar-refractivity contribution in [1.82, 2.24) is 4.90 Å². The smallest absolute Gasteiger partial charge is 0.218 e. The van der Waals surface area contributed by atoms with Crippen LogP contribution in [0.3, 0.4) is 0 Å². The fraction of sp³-hybridized carbons (Fsp3) is 0.654. The number of hydrogen-bond acceptors (Lipinski definition) is 4. The van der Waals surface area contributed by atoms with E-state index in [4.69, 9.17) is 10.5 Å². The van der Waals surface area contributed by atoms with Crippen molar-refractivity contribution in [2.75, 3.05) is 19.6 Å². The maximum Gasteiger partial charge on any atom is 0.218 e. The third-order valence-electron chi connectivity index (χ3n) is 7.24. The molecule has 5 heteroatoms. The largest absolute Gasteiger partial charge is 0.507 e. The average Bonchev–Trinajstić information content (AvgIpc) is 2.70. The summed E-state index contributed by atoms with van der Waals surface area (Å²) in [6, 6.07) is 4.08. The van der Waals surface area contributed by atoms with Crippen molar-refractivity contribution >= 4 is 11.5 Å². The van der Waals surface area contributed by atoms with Gasteiger partial charge in [0.25, 0.3) is 0 Å². The normalized spacial score (nSPS) is 19.9. The van der Waals surface area contributed by atoms with Crippen LogP contribution in [0.4, 0.5) is 0 Å². The second-order valence-electron chi connectivity index (χ2n) is 9.99. The van der Waals surface area contributed by atoms with Gasteiger partial charge in [-0.2, -0.15) is 0 Å². The maximum atomic E-state index is 11.2. The number of aromatic hydroxyl groups is 1. The number of unbranched alkanes of at least 4 members (excludes halogenated alkanes) is 2. The van der Waals surface area contributed by atoms with Crippen molar-refractivity contribution in [3.05, 3.63) is 28.8 Å². The molecule has 2 unspecified atom stereocenters. The third kappa shape index (κ3) is 5.25. The van der Waals surface area contributed by atoms with E-state index in [-0.39, 0.29) is 5.91 Å². The number of carbonyl (C=O) groups is 1. The van der Waals surface area contributed by atoms with Gasteiger partial charge in [0, 0.05) is 26.1 Å². The molecule has 2 atom stereocenters. The Kier molecular flexibility index (Phi) is 7.35. The van der Waals surface area contributed by atoms with Gasteiger partial charge in [0.2, 0.25) is 5.91 Å². The summed E-state index contributed by atoms with van der Waals surface area (Å²) in [5.41, 5.74) is 9.32. The van der Waals surface area contributed by atoms with Crippen LogP contribution < -0.4 is 10.5 Å². The third-order valence-corrected chi connectivity index (χ3v) is 7.24. The SMILES string of the molecule is CCCCCC(C)C(C)c1cc(O)c2c(c1)OC(C)(C)C1=C2CN(CCC(N)=O)CC1. The predicted octanol–water partition coefficient (Wildman–Crippen LogP) is 5.22. The summed E-state index contributed by atoms with van der Waals surface area (Å²) in [6.07, 6.45) is 6.17. The van der Waals surface area contributed by atoms with Gasteiger partial charge in [0.1, 0.15) is 17.1 Å². The van der Waals surface area contributed by atoms with Gasteiger partial charge >= 0.3 is 0 Å². The number of phenolic OH excluding ortho intramolecular Hbond substituents is 1. The average molecular weight is 429 g/mol. The minimum Gasteiger partial charge on any atom is -0.507 e. The number of nitrogens with two attached hydrogens (primary N) is 1. The summed E-state index contributed by atoms with van der Waals surface area (Å²) in [6.45, 7) is 13.3. The highest BCUT2D eigenvalue weighted by Crippen LogP contribution is 2.49. The van der Waals surface area contributed by atoms with Crippen LogP contribution in [0.5, 0.6) is 11.5 Å². The molecular formula is C26H40N2O3. The van der Waals surface area contributed by atoms with Gasteiger partial charge in [-0.25, -0.2) is 0 Å². The lowest BCUT2D eigenvalue weighted by Gasteiger charge is -2.42. The molecule has 0 fully saturated rings. The summed E-state index contributed by atoms with van der Waals surface area (Å²) in [5.74, 6) is 1.72. The van der Waals surface area contributed by atoms with Gasteiger partial charge in [-0.1, -0.05) is 46.5 Å². The van der Waals surface area contributed by atoms with Crippen LogP contribution in [0.1, 0.15) is 90.2 Å². The summed E-state index contributed by atoms with van der Waals surface area (Å²) >= 11 is 0. The first-order valence-corrected chi connectivity index (χ1v) is 11.9. The number of hydrogen-bond donors (Lipinski definition) is 2. The molecule has 0 saturated carbocycles. The predicted molar refractivity (Wildman–Crippen MR) is 126 cm³/mol. The Morgan fingerprint density at radius 3 is 2.71 bits per heavy atom. The molecule has 0 saturated heterocycles. The highest BCUT2D eigenvalue weighted by Gasteiger charge is 2.39. The van der Waals surface area contributed by atoms with Crippen LogP contribution in [0.2, 0.25) is 0 Å². The molecule has 2 aliphatic heterocycles. The fourth-order valence-electron chi connectivity index (χ4n) is 5.07. The number of rotatable bonds is 9. The number of phenols is 1. The van der Waals surface area contributed by atoms with Crippen LogP contribution in [0.25, 0.3) is 5.57 Å². The summed E-state index contributed by atoms with van der Waals surface area (Å²) in [5, 5.41) is 11.1. The zero-order chi connectivity index (χ0) is 22.8. The number of benzene rings is 1. The quantitative estimate of drug-likeness (QED) is 0.529. The van der Waals surface area contributed by atoms with Crippen molar-refractivity contribution in [3.63, 3.8) is 0 Å². The Labute approximate surface area is 187 Å². The number of nitrogens with zero attached hydrogens (tertiary/aromatic N) is 1. The minimum absolute atomic E-state index is 0.276. The Morgan fingerprint density at radius 1 is 1.29 bits per heavy atom. The molecule has 2 heterocycles. The number of fused-ring (bicyclic) bond motifs is 2.